The van der Waals surface area contributed by atoms with Crippen molar-refractivity contribution in [2.75, 3.05) is 13.1 Å². The van der Waals surface area contributed by atoms with E-state index in [9.17, 15) is 10.1 Å². The summed E-state index contributed by atoms with van der Waals surface area (Å²) in [5, 5.41) is 14.2. The maximum Gasteiger partial charge on any atom is 0.280 e. The summed E-state index contributed by atoms with van der Waals surface area (Å²) < 4.78 is 5.60. The molecule has 0 saturated carbocycles. The van der Waals surface area contributed by atoms with Crippen LogP contribution in [-0.4, -0.2) is 23.0 Å². The van der Waals surface area contributed by atoms with Gasteiger partial charge in [-0.15, -0.1) is 0 Å². The Morgan fingerprint density at radius 2 is 2.20 bits per heavy atom. The Kier molecular flexibility index (Phi) is 4.84. The first-order valence-electron chi connectivity index (χ1n) is 6.61. The highest BCUT2D eigenvalue weighted by Gasteiger charge is 2.17. The average molecular weight is 275 g/mol. The van der Waals surface area contributed by atoms with Gasteiger partial charge in [0.1, 0.15) is 0 Å². The SMILES string of the molecule is CCNCCCc1ncc(-c2ccccc2[N+](=O)[O-])o1. The number of oxazole rings is 1. The summed E-state index contributed by atoms with van der Waals surface area (Å²) in [5.41, 5.74) is 0.491. The lowest BCUT2D eigenvalue weighted by atomic mass is 10.1. The highest BCUT2D eigenvalue weighted by Crippen LogP contribution is 2.29. The molecule has 6 nitrogen and oxygen atoms in total. The lowest BCUT2D eigenvalue weighted by Crippen LogP contribution is -2.14. The van der Waals surface area contributed by atoms with Gasteiger partial charge in [0.05, 0.1) is 16.7 Å². The van der Waals surface area contributed by atoms with Crippen molar-refractivity contribution in [3.05, 3.63) is 46.5 Å². The third kappa shape index (κ3) is 3.42. The van der Waals surface area contributed by atoms with Crippen LogP contribution in [0.1, 0.15) is 19.2 Å². The molecule has 0 aliphatic heterocycles. The summed E-state index contributed by atoms with van der Waals surface area (Å²) in [6, 6.07) is 6.51. The Balaban J connectivity index is 2.11. The molecular formula is C14H17N3O3. The van der Waals surface area contributed by atoms with E-state index < -0.39 is 4.92 Å². The summed E-state index contributed by atoms with van der Waals surface area (Å²) >= 11 is 0. The maximum atomic E-state index is 11.0. The molecule has 0 amide bonds. The van der Waals surface area contributed by atoms with Crippen LogP contribution in [0.15, 0.2) is 34.9 Å². The van der Waals surface area contributed by atoms with Gasteiger partial charge < -0.3 is 9.73 Å². The van der Waals surface area contributed by atoms with Gasteiger partial charge in [0.15, 0.2) is 11.7 Å². The molecule has 2 rings (SSSR count). The molecule has 0 aliphatic rings. The molecule has 0 fully saturated rings. The van der Waals surface area contributed by atoms with E-state index in [1.165, 1.54) is 6.07 Å². The van der Waals surface area contributed by atoms with E-state index in [-0.39, 0.29) is 5.69 Å². The first kappa shape index (κ1) is 14.2. The van der Waals surface area contributed by atoms with Crippen molar-refractivity contribution in [1.29, 1.82) is 0 Å². The predicted octanol–water partition coefficient (Wildman–Crippen LogP) is 2.79. The van der Waals surface area contributed by atoms with Gasteiger partial charge in [-0.2, -0.15) is 0 Å². The Hall–Kier alpha value is -2.21. The molecule has 0 saturated heterocycles. The van der Waals surface area contributed by atoms with Gasteiger partial charge in [-0.05, 0) is 25.6 Å². The fourth-order valence-electron chi connectivity index (χ4n) is 1.93. The third-order valence-corrected chi connectivity index (χ3v) is 2.91. The number of nitrogens with zero attached hydrogens (tertiary/aromatic N) is 2. The van der Waals surface area contributed by atoms with E-state index in [1.807, 2.05) is 0 Å². The van der Waals surface area contributed by atoms with Gasteiger partial charge in [0.25, 0.3) is 5.69 Å². The number of nitrogens with one attached hydrogen (secondary N) is 1. The van der Waals surface area contributed by atoms with Crippen molar-refractivity contribution in [2.45, 2.75) is 19.8 Å². The van der Waals surface area contributed by atoms with Crippen molar-refractivity contribution in [3.8, 4) is 11.3 Å². The summed E-state index contributed by atoms with van der Waals surface area (Å²) in [5.74, 6) is 1.05. The number of para-hydroxylation sites is 1. The molecule has 2 aromatic rings. The molecule has 0 spiro atoms. The molecule has 0 radical (unpaired) electrons. The van der Waals surface area contributed by atoms with Gasteiger partial charge >= 0.3 is 0 Å². The minimum atomic E-state index is -0.414. The second-order valence-corrected chi connectivity index (χ2v) is 4.35. The highest BCUT2D eigenvalue weighted by atomic mass is 16.6. The quantitative estimate of drug-likeness (QED) is 0.477. The van der Waals surface area contributed by atoms with Crippen LogP contribution in [-0.2, 0) is 6.42 Å². The fraction of sp³-hybridized carbons (Fsp3) is 0.357. The summed E-state index contributed by atoms with van der Waals surface area (Å²) in [6.07, 6.45) is 3.18. The number of rotatable bonds is 7. The van der Waals surface area contributed by atoms with Crippen molar-refractivity contribution >= 4 is 5.69 Å². The van der Waals surface area contributed by atoms with Crippen LogP contribution in [0.3, 0.4) is 0 Å². The van der Waals surface area contributed by atoms with Crippen LogP contribution < -0.4 is 5.32 Å². The molecule has 1 N–H and O–H groups in total. The molecule has 1 aromatic heterocycles. The van der Waals surface area contributed by atoms with Crippen LogP contribution in [0.5, 0.6) is 0 Å². The Morgan fingerprint density at radius 1 is 1.40 bits per heavy atom. The molecule has 0 unspecified atom stereocenters. The molecule has 1 aromatic carbocycles. The van der Waals surface area contributed by atoms with Crippen LogP contribution in [0.2, 0.25) is 0 Å². The van der Waals surface area contributed by atoms with E-state index in [0.29, 0.717) is 23.6 Å². The monoisotopic (exact) mass is 275 g/mol. The van der Waals surface area contributed by atoms with Crippen molar-refractivity contribution in [3.63, 3.8) is 0 Å². The zero-order valence-corrected chi connectivity index (χ0v) is 11.3. The third-order valence-electron chi connectivity index (χ3n) is 2.91. The van der Waals surface area contributed by atoms with E-state index in [0.717, 1.165) is 19.5 Å². The average Bonchev–Trinajstić information content (AvgIpc) is 2.92. The molecule has 0 aliphatic carbocycles. The molecule has 20 heavy (non-hydrogen) atoms. The second-order valence-electron chi connectivity index (χ2n) is 4.35. The number of aromatic nitrogens is 1. The van der Waals surface area contributed by atoms with Crippen molar-refractivity contribution in [1.82, 2.24) is 10.3 Å². The first-order valence-corrected chi connectivity index (χ1v) is 6.61. The van der Waals surface area contributed by atoms with Crippen LogP contribution >= 0.6 is 0 Å². The number of aryl methyl sites for hydroxylation is 1. The minimum Gasteiger partial charge on any atom is -0.440 e. The lowest BCUT2D eigenvalue weighted by molar-refractivity contribution is -0.384. The van der Waals surface area contributed by atoms with E-state index in [4.69, 9.17) is 4.42 Å². The summed E-state index contributed by atoms with van der Waals surface area (Å²) in [7, 11) is 0. The molecule has 0 bridgehead atoms. The molecular weight excluding hydrogens is 258 g/mol. The van der Waals surface area contributed by atoms with Crippen molar-refractivity contribution in [2.24, 2.45) is 0 Å². The standard InChI is InChI=1S/C14H17N3O3/c1-2-15-9-5-8-14-16-10-13(20-14)11-6-3-4-7-12(11)17(18)19/h3-4,6-7,10,15H,2,5,8-9H2,1H3. The van der Waals surface area contributed by atoms with Crippen molar-refractivity contribution < 1.29 is 9.34 Å². The molecule has 1 heterocycles. The van der Waals surface area contributed by atoms with Crippen LogP contribution in [0.4, 0.5) is 5.69 Å². The van der Waals surface area contributed by atoms with Crippen LogP contribution in [0, 0.1) is 10.1 Å². The topological polar surface area (TPSA) is 81.2 Å². The van der Waals surface area contributed by atoms with Gasteiger partial charge in [-0.3, -0.25) is 10.1 Å². The van der Waals surface area contributed by atoms with Gasteiger partial charge in [-0.25, -0.2) is 4.98 Å². The minimum absolute atomic E-state index is 0.0304. The van der Waals surface area contributed by atoms with E-state index in [1.54, 1.807) is 24.4 Å². The lowest BCUT2D eigenvalue weighted by Gasteiger charge is -1.99. The van der Waals surface area contributed by atoms with E-state index in [2.05, 4.69) is 17.2 Å². The fourth-order valence-corrected chi connectivity index (χ4v) is 1.93. The molecule has 0 atom stereocenters. The number of hydrogen-bond donors (Lipinski definition) is 1. The molecule has 6 heteroatoms. The van der Waals surface area contributed by atoms with Crippen LogP contribution in [0.25, 0.3) is 11.3 Å². The first-order chi connectivity index (χ1) is 9.72. The number of hydrogen-bond acceptors (Lipinski definition) is 5. The zero-order chi connectivity index (χ0) is 14.4. The summed E-state index contributed by atoms with van der Waals surface area (Å²) in [4.78, 5) is 14.7. The Morgan fingerprint density at radius 3 is 2.95 bits per heavy atom. The summed E-state index contributed by atoms with van der Waals surface area (Å²) in [6.45, 7) is 3.89. The second kappa shape index (κ2) is 6.81. The predicted molar refractivity (Wildman–Crippen MR) is 75.5 cm³/mol. The van der Waals surface area contributed by atoms with Gasteiger partial charge in [-0.1, -0.05) is 19.1 Å². The molecule has 106 valence electrons. The van der Waals surface area contributed by atoms with Gasteiger partial charge in [0, 0.05) is 12.5 Å². The number of nitro groups is 1. The smallest absolute Gasteiger partial charge is 0.280 e. The van der Waals surface area contributed by atoms with Gasteiger partial charge in [0.2, 0.25) is 0 Å². The zero-order valence-electron chi connectivity index (χ0n) is 11.3. The van der Waals surface area contributed by atoms with E-state index >= 15 is 0 Å². The normalized spacial score (nSPS) is 10.7. The Labute approximate surface area is 117 Å². The Bertz CT molecular complexity index is 581. The number of nitro benzene ring substituents is 1. The number of benzene rings is 1. The largest absolute Gasteiger partial charge is 0.440 e. The highest BCUT2D eigenvalue weighted by molar-refractivity contribution is 5.68. The maximum absolute atomic E-state index is 11.0.